The predicted octanol–water partition coefficient (Wildman–Crippen LogP) is 4.03. The molecule has 0 unspecified atom stereocenters. The minimum absolute atomic E-state index is 0.196. The number of aromatic nitrogens is 1. The molecule has 1 amide bonds. The smallest absolute Gasteiger partial charge is 0.274 e. The molecule has 6 heteroatoms. The van der Waals surface area contributed by atoms with Crippen molar-refractivity contribution in [3.8, 4) is 11.5 Å². The molecular weight excluding hydrogens is 312 g/mol. The summed E-state index contributed by atoms with van der Waals surface area (Å²) in [5, 5.41) is 4.82. The lowest BCUT2D eigenvalue weighted by Gasteiger charge is -2.16. The summed E-state index contributed by atoms with van der Waals surface area (Å²) in [6, 6.07) is 3.55. The normalized spacial score (nSPS) is 14.7. The van der Waals surface area contributed by atoms with Gasteiger partial charge in [0.25, 0.3) is 5.91 Å². The molecule has 0 aliphatic heterocycles. The van der Waals surface area contributed by atoms with Crippen LogP contribution >= 0.6 is 11.3 Å². The van der Waals surface area contributed by atoms with Gasteiger partial charge in [0.1, 0.15) is 5.69 Å². The standard InChI is InChI=1S/C17H20N2O3S/c1-11-13(7-8-23-11)19-17(20)14-9-15(16(21-2)10-18-14)22-12-5-3-4-6-12/h7-10,12H,3-6H2,1-2H3,(H,19,20). The molecule has 1 fully saturated rings. The van der Waals surface area contributed by atoms with Gasteiger partial charge < -0.3 is 14.8 Å². The monoisotopic (exact) mass is 332 g/mol. The van der Waals surface area contributed by atoms with Gasteiger partial charge in [0, 0.05) is 10.9 Å². The van der Waals surface area contributed by atoms with Gasteiger partial charge >= 0.3 is 0 Å². The zero-order chi connectivity index (χ0) is 16.2. The van der Waals surface area contributed by atoms with Crippen molar-refractivity contribution in [1.29, 1.82) is 0 Å². The highest BCUT2D eigenvalue weighted by Crippen LogP contribution is 2.31. The summed E-state index contributed by atoms with van der Waals surface area (Å²) < 4.78 is 11.3. The molecule has 122 valence electrons. The Hall–Kier alpha value is -2.08. The molecular formula is C17H20N2O3S. The van der Waals surface area contributed by atoms with E-state index in [0.29, 0.717) is 17.2 Å². The third-order valence-corrected chi connectivity index (χ3v) is 4.83. The minimum Gasteiger partial charge on any atom is -0.491 e. The fraction of sp³-hybridized carbons (Fsp3) is 0.412. The first kappa shape index (κ1) is 15.8. The van der Waals surface area contributed by atoms with E-state index in [0.717, 1.165) is 23.4 Å². The Morgan fingerprint density at radius 2 is 2.13 bits per heavy atom. The van der Waals surface area contributed by atoms with Crippen LogP contribution in [0.15, 0.2) is 23.7 Å². The molecule has 1 aliphatic carbocycles. The largest absolute Gasteiger partial charge is 0.491 e. The maximum atomic E-state index is 12.4. The summed E-state index contributed by atoms with van der Waals surface area (Å²) in [5.41, 5.74) is 1.14. The van der Waals surface area contributed by atoms with Gasteiger partial charge in [-0.1, -0.05) is 0 Å². The topological polar surface area (TPSA) is 60.5 Å². The van der Waals surface area contributed by atoms with E-state index in [1.54, 1.807) is 30.7 Å². The molecule has 0 bridgehead atoms. The van der Waals surface area contributed by atoms with Crippen molar-refractivity contribution in [1.82, 2.24) is 4.98 Å². The highest BCUT2D eigenvalue weighted by Gasteiger charge is 2.20. The van der Waals surface area contributed by atoms with E-state index < -0.39 is 0 Å². The van der Waals surface area contributed by atoms with Crippen molar-refractivity contribution in [2.75, 3.05) is 12.4 Å². The second-order valence-corrected chi connectivity index (χ2v) is 6.71. The first-order chi connectivity index (χ1) is 11.2. The maximum absolute atomic E-state index is 12.4. The van der Waals surface area contributed by atoms with Crippen molar-refractivity contribution in [2.45, 2.75) is 38.7 Å². The molecule has 0 spiro atoms. The number of carbonyl (C=O) groups excluding carboxylic acids is 1. The summed E-state index contributed by atoms with van der Waals surface area (Å²) >= 11 is 1.59. The van der Waals surface area contributed by atoms with Crippen LogP contribution in [-0.2, 0) is 0 Å². The van der Waals surface area contributed by atoms with E-state index in [9.17, 15) is 4.79 Å². The van der Waals surface area contributed by atoms with Crippen LogP contribution in [0, 0.1) is 6.92 Å². The number of pyridine rings is 1. The zero-order valence-corrected chi connectivity index (χ0v) is 14.1. The summed E-state index contributed by atoms with van der Waals surface area (Å²) in [5.74, 6) is 0.896. The number of rotatable bonds is 5. The lowest BCUT2D eigenvalue weighted by molar-refractivity contribution is 0.102. The van der Waals surface area contributed by atoms with Gasteiger partial charge in [-0.05, 0) is 44.1 Å². The molecule has 1 saturated carbocycles. The third-order valence-electron chi connectivity index (χ3n) is 3.99. The molecule has 0 atom stereocenters. The predicted molar refractivity (Wildman–Crippen MR) is 90.7 cm³/mol. The number of ether oxygens (including phenoxy) is 2. The van der Waals surface area contributed by atoms with Gasteiger partial charge in [-0.3, -0.25) is 4.79 Å². The molecule has 0 saturated heterocycles. The van der Waals surface area contributed by atoms with E-state index in [-0.39, 0.29) is 12.0 Å². The average Bonchev–Trinajstić information content (AvgIpc) is 3.20. The quantitative estimate of drug-likeness (QED) is 0.898. The van der Waals surface area contributed by atoms with Gasteiger partial charge in [0.2, 0.25) is 0 Å². The van der Waals surface area contributed by atoms with Crippen molar-refractivity contribution >= 4 is 22.9 Å². The lowest BCUT2D eigenvalue weighted by atomic mass is 10.2. The van der Waals surface area contributed by atoms with Crippen LogP contribution in [0.25, 0.3) is 0 Å². The molecule has 0 radical (unpaired) electrons. The average molecular weight is 332 g/mol. The Bertz CT molecular complexity index is 693. The van der Waals surface area contributed by atoms with Crippen LogP contribution in [0.3, 0.4) is 0 Å². The second-order valence-electron chi connectivity index (χ2n) is 5.59. The molecule has 2 heterocycles. The lowest BCUT2D eigenvalue weighted by Crippen LogP contribution is -2.16. The maximum Gasteiger partial charge on any atom is 0.274 e. The number of methoxy groups -OCH3 is 1. The molecule has 2 aromatic heterocycles. The van der Waals surface area contributed by atoms with Crippen molar-refractivity contribution in [3.05, 3.63) is 34.3 Å². The number of hydrogen-bond donors (Lipinski definition) is 1. The van der Waals surface area contributed by atoms with Crippen molar-refractivity contribution in [3.63, 3.8) is 0 Å². The first-order valence-electron chi connectivity index (χ1n) is 7.73. The van der Waals surface area contributed by atoms with Gasteiger partial charge in [-0.2, -0.15) is 0 Å². The van der Waals surface area contributed by atoms with E-state index in [1.807, 2.05) is 18.4 Å². The zero-order valence-electron chi connectivity index (χ0n) is 13.3. The number of anilines is 1. The number of hydrogen-bond acceptors (Lipinski definition) is 5. The van der Waals surface area contributed by atoms with E-state index in [1.165, 1.54) is 12.8 Å². The highest BCUT2D eigenvalue weighted by atomic mass is 32.1. The number of thiophene rings is 1. The van der Waals surface area contributed by atoms with Gasteiger partial charge in [-0.15, -0.1) is 11.3 Å². The molecule has 1 N–H and O–H groups in total. The summed E-state index contributed by atoms with van der Waals surface area (Å²) in [6.07, 6.45) is 6.19. The molecule has 5 nitrogen and oxygen atoms in total. The Balaban J connectivity index is 1.79. The number of nitrogens with one attached hydrogen (secondary N) is 1. The van der Waals surface area contributed by atoms with Gasteiger partial charge in [-0.25, -0.2) is 4.98 Å². The van der Waals surface area contributed by atoms with Crippen LogP contribution in [-0.4, -0.2) is 24.1 Å². The van der Waals surface area contributed by atoms with Gasteiger partial charge in [0.05, 0.1) is 25.1 Å². The summed E-state index contributed by atoms with van der Waals surface area (Å²) in [6.45, 7) is 1.97. The number of aryl methyl sites for hydroxylation is 1. The van der Waals surface area contributed by atoms with Crippen molar-refractivity contribution in [2.24, 2.45) is 0 Å². The second kappa shape index (κ2) is 7.00. The molecule has 2 aromatic rings. The Labute approximate surface area is 139 Å². The fourth-order valence-corrected chi connectivity index (χ4v) is 3.33. The van der Waals surface area contributed by atoms with Crippen LogP contribution in [0.5, 0.6) is 11.5 Å². The van der Waals surface area contributed by atoms with E-state index in [4.69, 9.17) is 9.47 Å². The number of carbonyl (C=O) groups is 1. The number of amides is 1. The van der Waals surface area contributed by atoms with Crippen LogP contribution in [0.4, 0.5) is 5.69 Å². The molecule has 3 rings (SSSR count). The van der Waals surface area contributed by atoms with E-state index >= 15 is 0 Å². The van der Waals surface area contributed by atoms with Gasteiger partial charge in [0.15, 0.2) is 11.5 Å². The number of nitrogens with zero attached hydrogens (tertiary/aromatic N) is 1. The summed E-state index contributed by atoms with van der Waals surface area (Å²) in [4.78, 5) is 17.6. The molecule has 23 heavy (non-hydrogen) atoms. The van der Waals surface area contributed by atoms with Crippen LogP contribution in [0.1, 0.15) is 41.0 Å². The SMILES string of the molecule is COc1cnc(C(=O)Nc2ccsc2C)cc1OC1CCCC1. The fourth-order valence-electron chi connectivity index (χ4n) is 2.68. The van der Waals surface area contributed by atoms with E-state index in [2.05, 4.69) is 10.3 Å². The first-order valence-corrected chi connectivity index (χ1v) is 8.61. The molecule has 1 aliphatic rings. The Kier molecular flexibility index (Phi) is 4.81. The summed E-state index contributed by atoms with van der Waals surface area (Å²) in [7, 11) is 1.58. The third kappa shape index (κ3) is 3.64. The minimum atomic E-state index is -0.245. The molecule has 0 aromatic carbocycles. The Morgan fingerprint density at radius 3 is 2.78 bits per heavy atom. The van der Waals surface area contributed by atoms with Crippen LogP contribution < -0.4 is 14.8 Å². The van der Waals surface area contributed by atoms with Crippen LogP contribution in [0.2, 0.25) is 0 Å². The van der Waals surface area contributed by atoms with Crippen molar-refractivity contribution < 1.29 is 14.3 Å². The Morgan fingerprint density at radius 1 is 1.35 bits per heavy atom. The highest BCUT2D eigenvalue weighted by molar-refractivity contribution is 7.10.